The van der Waals surface area contributed by atoms with Gasteiger partial charge in [-0.1, -0.05) is 36.4 Å². The van der Waals surface area contributed by atoms with Gasteiger partial charge in [-0.25, -0.2) is 5.43 Å². The molecule has 2 amide bonds. The molecule has 3 aromatic carbocycles. The number of hydrogen-bond acceptors (Lipinski definition) is 4. The number of carbonyl (C=O) groups excluding carboxylic acids is 2. The fraction of sp³-hybridized carbons (Fsp3) is 0.208. The molecule has 0 bridgehead atoms. The van der Waals surface area contributed by atoms with Gasteiger partial charge in [0.15, 0.2) is 0 Å². The molecule has 0 aliphatic heterocycles. The maximum absolute atomic E-state index is 12.1. The van der Waals surface area contributed by atoms with Crippen LogP contribution in [0.1, 0.15) is 29.5 Å². The Bertz CT molecular complexity index is 1110. The highest BCUT2D eigenvalue weighted by molar-refractivity contribution is 6.02. The lowest BCUT2D eigenvalue weighted by Gasteiger charge is -2.08. The van der Waals surface area contributed by atoms with Gasteiger partial charge in [0.1, 0.15) is 5.75 Å². The van der Waals surface area contributed by atoms with E-state index >= 15 is 0 Å². The first kappa shape index (κ1) is 21.0. The molecule has 3 rings (SSSR count). The minimum atomic E-state index is -0.333. The molecule has 3 aromatic rings. The summed E-state index contributed by atoms with van der Waals surface area (Å²) in [6, 6.07) is 17.4. The summed E-state index contributed by atoms with van der Waals surface area (Å²) in [5.74, 6) is 0.119. The number of carbonyl (C=O) groups is 2. The van der Waals surface area contributed by atoms with Crippen molar-refractivity contribution in [2.75, 3.05) is 12.4 Å². The van der Waals surface area contributed by atoms with Crippen LogP contribution in [0.5, 0.6) is 5.75 Å². The van der Waals surface area contributed by atoms with Crippen LogP contribution < -0.4 is 15.5 Å². The number of aryl methyl sites for hydroxylation is 2. The van der Waals surface area contributed by atoms with Gasteiger partial charge in [-0.05, 0) is 53.9 Å². The van der Waals surface area contributed by atoms with Gasteiger partial charge in [-0.3, -0.25) is 9.59 Å². The van der Waals surface area contributed by atoms with Crippen molar-refractivity contribution in [3.8, 4) is 5.75 Å². The Balaban J connectivity index is 1.56. The molecule has 0 aromatic heterocycles. The molecule has 6 nitrogen and oxygen atoms in total. The zero-order chi connectivity index (χ0) is 21.5. The Kier molecular flexibility index (Phi) is 6.80. The molecule has 154 valence electrons. The van der Waals surface area contributed by atoms with Crippen LogP contribution in [0.3, 0.4) is 0 Å². The van der Waals surface area contributed by atoms with Crippen LogP contribution in [-0.2, 0) is 9.59 Å². The fourth-order valence-electron chi connectivity index (χ4n) is 3.08. The maximum atomic E-state index is 12.1. The molecule has 0 radical (unpaired) electrons. The third-order valence-corrected chi connectivity index (χ3v) is 4.90. The van der Waals surface area contributed by atoms with Gasteiger partial charge in [0.05, 0.1) is 13.3 Å². The van der Waals surface area contributed by atoms with E-state index in [0.29, 0.717) is 5.75 Å². The molecular formula is C24H25N3O3. The van der Waals surface area contributed by atoms with E-state index in [2.05, 4.69) is 15.8 Å². The van der Waals surface area contributed by atoms with Gasteiger partial charge >= 0.3 is 0 Å². The number of nitrogens with one attached hydrogen (secondary N) is 2. The van der Waals surface area contributed by atoms with Crippen LogP contribution in [0, 0.1) is 13.8 Å². The van der Waals surface area contributed by atoms with Gasteiger partial charge in [-0.2, -0.15) is 5.10 Å². The standard InChI is InChI=1S/C24H25N3O3/c1-16-8-10-19(14-17(16)2)26-23(28)12-13-24(29)27-25-15-21-20-7-5-4-6-18(20)9-11-22(21)30-3/h4-11,14-15H,12-13H2,1-3H3,(H,26,28)(H,27,29)/b25-15+. The summed E-state index contributed by atoms with van der Waals surface area (Å²) in [6.07, 6.45) is 1.68. The molecule has 0 unspecified atom stereocenters. The van der Waals surface area contributed by atoms with E-state index in [0.717, 1.165) is 33.2 Å². The first-order chi connectivity index (χ1) is 14.5. The van der Waals surface area contributed by atoms with E-state index in [-0.39, 0.29) is 24.7 Å². The third-order valence-electron chi connectivity index (χ3n) is 4.90. The molecule has 0 fully saturated rings. The maximum Gasteiger partial charge on any atom is 0.240 e. The average Bonchev–Trinajstić information content (AvgIpc) is 2.75. The monoisotopic (exact) mass is 403 g/mol. The number of hydrogen-bond donors (Lipinski definition) is 2. The first-order valence-electron chi connectivity index (χ1n) is 9.72. The third kappa shape index (κ3) is 5.23. The summed E-state index contributed by atoms with van der Waals surface area (Å²) in [5.41, 5.74) is 6.25. The predicted molar refractivity (Wildman–Crippen MR) is 120 cm³/mol. The van der Waals surface area contributed by atoms with Crippen molar-refractivity contribution in [3.05, 3.63) is 71.3 Å². The summed E-state index contributed by atoms with van der Waals surface area (Å²) in [4.78, 5) is 24.2. The van der Waals surface area contributed by atoms with E-state index in [1.807, 2.05) is 68.4 Å². The second-order valence-corrected chi connectivity index (χ2v) is 7.04. The van der Waals surface area contributed by atoms with E-state index in [1.54, 1.807) is 13.3 Å². The summed E-state index contributed by atoms with van der Waals surface area (Å²) in [5, 5.41) is 8.88. The normalized spacial score (nSPS) is 10.9. The van der Waals surface area contributed by atoms with Crippen molar-refractivity contribution < 1.29 is 14.3 Å². The number of nitrogens with zero attached hydrogens (tertiary/aromatic N) is 1. The molecule has 0 saturated heterocycles. The number of amides is 2. The van der Waals surface area contributed by atoms with Gasteiger partial charge in [-0.15, -0.1) is 0 Å². The summed E-state index contributed by atoms with van der Waals surface area (Å²) < 4.78 is 5.41. The van der Waals surface area contributed by atoms with Crippen LogP contribution >= 0.6 is 0 Å². The van der Waals surface area contributed by atoms with Crippen LogP contribution in [-0.4, -0.2) is 25.1 Å². The second-order valence-electron chi connectivity index (χ2n) is 7.04. The summed E-state index contributed by atoms with van der Waals surface area (Å²) in [6.45, 7) is 4.00. The lowest BCUT2D eigenvalue weighted by molar-refractivity contribution is -0.124. The predicted octanol–water partition coefficient (Wildman–Crippen LogP) is 4.33. The van der Waals surface area contributed by atoms with Crippen molar-refractivity contribution in [2.45, 2.75) is 26.7 Å². The zero-order valence-electron chi connectivity index (χ0n) is 17.4. The minimum absolute atomic E-state index is 0.0424. The second kappa shape index (κ2) is 9.69. The number of hydrazone groups is 1. The zero-order valence-corrected chi connectivity index (χ0v) is 17.4. The minimum Gasteiger partial charge on any atom is -0.496 e. The Morgan fingerprint density at radius 2 is 1.73 bits per heavy atom. The number of anilines is 1. The first-order valence-corrected chi connectivity index (χ1v) is 9.72. The lowest BCUT2D eigenvalue weighted by atomic mass is 10.0. The van der Waals surface area contributed by atoms with E-state index in [1.165, 1.54) is 0 Å². The van der Waals surface area contributed by atoms with Crippen molar-refractivity contribution >= 4 is 34.5 Å². The fourth-order valence-corrected chi connectivity index (χ4v) is 3.08. The molecular weight excluding hydrogens is 378 g/mol. The molecule has 6 heteroatoms. The molecule has 30 heavy (non-hydrogen) atoms. The van der Waals surface area contributed by atoms with Crippen molar-refractivity contribution in [1.29, 1.82) is 0 Å². The largest absolute Gasteiger partial charge is 0.496 e. The van der Waals surface area contributed by atoms with E-state index < -0.39 is 0 Å². The molecule has 0 saturated carbocycles. The summed E-state index contributed by atoms with van der Waals surface area (Å²) >= 11 is 0. The van der Waals surface area contributed by atoms with Crippen molar-refractivity contribution in [1.82, 2.24) is 5.43 Å². The Morgan fingerprint density at radius 3 is 2.50 bits per heavy atom. The van der Waals surface area contributed by atoms with E-state index in [4.69, 9.17) is 4.74 Å². The van der Waals surface area contributed by atoms with Crippen LogP contribution in [0.15, 0.2) is 59.7 Å². The molecule has 2 N–H and O–H groups in total. The Morgan fingerprint density at radius 1 is 0.967 bits per heavy atom. The van der Waals surface area contributed by atoms with Crippen molar-refractivity contribution in [3.63, 3.8) is 0 Å². The highest BCUT2D eigenvalue weighted by atomic mass is 16.5. The highest BCUT2D eigenvalue weighted by Gasteiger charge is 2.09. The average molecular weight is 403 g/mol. The highest BCUT2D eigenvalue weighted by Crippen LogP contribution is 2.26. The van der Waals surface area contributed by atoms with Crippen LogP contribution in [0.4, 0.5) is 5.69 Å². The SMILES string of the molecule is COc1ccc2ccccc2c1/C=N/NC(=O)CCC(=O)Nc1ccc(C)c(C)c1. The van der Waals surface area contributed by atoms with Gasteiger partial charge in [0.25, 0.3) is 0 Å². The quantitative estimate of drug-likeness (QED) is 0.455. The topological polar surface area (TPSA) is 79.8 Å². The number of rotatable bonds is 7. The number of methoxy groups -OCH3 is 1. The molecule has 0 spiro atoms. The van der Waals surface area contributed by atoms with Crippen molar-refractivity contribution in [2.24, 2.45) is 5.10 Å². The Hall–Kier alpha value is -3.67. The van der Waals surface area contributed by atoms with Crippen LogP contribution in [0.25, 0.3) is 10.8 Å². The lowest BCUT2D eigenvalue weighted by Crippen LogP contribution is -2.20. The number of benzene rings is 3. The van der Waals surface area contributed by atoms with Gasteiger partial charge in [0, 0.05) is 24.1 Å². The van der Waals surface area contributed by atoms with Gasteiger partial charge in [0.2, 0.25) is 11.8 Å². The molecule has 0 aliphatic carbocycles. The smallest absolute Gasteiger partial charge is 0.240 e. The molecule has 0 atom stereocenters. The molecule has 0 aliphatic rings. The number of ether oxygens (including phenoxy) is 1. The van der Waals surface area contributed by atoms with E-state index in [9.17, 15) is 9.59 Å². The van der Waals surface area contributed by atoms with Crippen LogP contribution in [0.2, 0.25) is 0 Å². The van der Waals surface area contributed by atoms with Gasteiger partial charge < -0.3 is 10.1 Å². The Labute approximate surface area is 175 Å². The summed E-state index contributed by atoms with van der Waals surface area (Å²) in [7, 11) is 1.59. The number of fused-ring (bicyclic) bond motifs is 1. The molecule has 0 heterocycles.